The van der Waals surface area contributed by atoms with Crippen molar-refractivity contribution in [1.82, 2.24) is 9.55 Å². The molecule has 0 atom stereocenters. The summed E-state index contributed by atoms with van der Waals surface area (Å²) in [6.07, 6.45) is 1.29. The van der Waals surface area contributed by atoms with Gasteiger partial charge in [-0.1, -0.05) is 0 Å². The van der Waals surface area contributed by atoms with Gasteiger partial charge in [-0.2, -0.15) is 0 Å². The summed E-state index contributed by atoms with van der Waals surface area (Å²) in [7, 11) is 1.47. The van der Waals surface area contributed by atoms with E-state index >= 15 is 0 Å². The number of ether oxygens (including phenoxy) is 1. The first-order valence-electron chi connectivity index (χ1n) is 3.92. The van der Waals surface area contributed by atoms with E-state index in [0.717, 1.165) is 0 Å². The molecule has 72 valence electrons. The molecule has 0 unspecified atom stereocenters. The Balaban J connectivity index is 3.22. The predicted octanol–water partition coefficient (Wildman–Crippen LogP) is 1.17. The van der Waals surface area contributed by atoms with E-state index in [2.05, 4.69) is 4.98 Å². The quantitative estimate of drug-likeness (QED) is 0.765. The fourth-order valence-electron chi connectivity index (χ4n) is 1.15. The number of methoxy groups -OCH3 is 1. The van der Waals surface area contributed by atoms with E-state index in [1.54, 1.807) is 0 Å². The normalized spacial score (nSPS) is 10.5. The average molecular weight is 184 g/mol. The summed E-state index contributed by atoms with van der Waals surface area (Å²) in [6, 6.07) is 0.343. The molecule has 1 aromatic rings. The topological polar surface area (TPSA) is 64.3 Å². The Bertz CT molecular complexity index is 317. The summed E-state index contributed by atoms with van der Waals surface area (Å²) in [4.78, 5) is 14.6. The zero-order valence-electron chi connectivity index (χ0n) is 7.81. The minimum atomic E-state index is -0.996. The SMILES string of the molecule is COc1ncc(C(=O)O)n1C(C)C. The lowest BCUT2D eigenvalue weighted by Crippen LogP contribution is -2.11. The highest BCUT2D eigenvalue weighted by Gasteiger charge is 2.17. The van der Waals surface area contributed by atoms with Crippen molar-refractivity contribution in [2.75, 3.05) is 7.11 Å². The van der Waals surface area contributed by atoms with Gasteiger partial charge < -0.3 is 9.84 Å². The molecular weight excluding hydrogens is 172 g/mol. The fourth-order valence-corrected chi connectivity index (χ4v) is 1.15. The molecule has 1 aromatic heterocycles. The third-order valence-electron chi connectivity index (χ3n) is 1.68. The summed E-state index contributed by atoms with van der Waals surface area (Å²) in [5, 5.41) is 8.81. The van der Waals surface area contributed by atoms with Crippen molar-refractivity contribution in [3.63, 3.8) is 0 Å². The summed E-state index contributed by atoms with van der Waals surface area (Å²) in [6.45, 7) is 3.74. The number of aromatic carboxylic acids is 1. The minimum absolute atomic E-state index is 0.0172. The molecular formula is C8H12N2O3. The maximum absolute atomic E-state index is 10.7. The van der Waals surface area contributed by atoms with Gasteiger partial charge in [-0.3, -0.25) is 4.57 Å². The highest BCUT2D eigenvalue weighted by atomic mass is 16.5. The van der Waals surface area contributed by atoms with Crippen LogP contribution < -0.4 is 4.74 Å². The Morgan fingerprint density at radius 2 is 2.31 bits per heavy atom. The van der Waals surface area contributed by atoms with E-state index in [-0.39, 0.29) is 11.7 Å². The molecule has 0 aliphatic heterocycles. The summed E-state index contributed by atoms with van der Waals surface area (Å²) < 4.78 is 6.46. The lowest BCUT2D eigenvalue weighted by molar-refractivity contribution is 0.0682. The number of carbonyl (C=O) groups is 1. The molecule has 1 heterocycles. The van der Waals surface area contributed by atoms with E-state index in [4.69, 9.17) is 9.84 Å². The molecule has 0 saturated heterocycles. The summed E-state index contributed by atoms with van der Waals surface area (Å²) >= 11 is 0. The Hall–Kier alpha value is -1.52. The van der Waals surface area contributed by atoms with Gasteiger partial charge in [-0.15, -0.1) is 0 Å². The van der Waals surface area contributed by atoms with Gasteiger partial charge in [0.2, 0.25) is 0 Å². The van der Waals surface area contributed by atoms with Crippen molar-refractivity contribution in [2.24, 2.45) is 0 Å². The molecule has 1 N–H and O–H groups in total. The van der Waals surface area contributed by atoms with Crippen LogP contribution in [0.4, 0.5) is 0 Å². The third kappa shape index (κ3) is 1.63. The Morgan fingerprint density at radius 3 is 2.69 bits per heavy atom. The number of nitrogens with zero attached hydrogens (tertiary/aromatic N) is 2. The van der Waals surface area contributed by atoms with Crippen LogP contribution in [0.25, 0.3) is 0 Å². The van der Waals surface area contributed by atoms with Crippen LogP contribution in [0.15, 0.2) is 6.20 Å². The lowest BCUT2D eigenvalue weighted by Gasteiger charge is -2.11. The second kappa shape index (κ2) is 3.47. The van der Waals surface area contributed by atoms with Crippen molar-refractivity contribution >= 4 is 5.97 Å². The second-order valence-electron chi connectivity index (χ2n) is 2.90. The van der Waals surface area contributed by atoms with E-state index in [1.807, 2.05) is 13.8 Å². The van der Waals surface area contributed by atoms with Crippen LogP contribution in [0.2, 0.25) is 0 Å². The maximum Gasteiger partial charge on any atom is 0.354 e. The van der Waals surface area contributed by atoms with Gasteiger partial charge in [0.15, 0.2) is 0 Å². The number of hydrogen-bond acceptors (Lipinski definition) is 3. The first-order chi connectivity index (χ1) is 6.07. The van der Waals surface area contributed by atoms with E-state index in [0.29, 0.717) is 6.01 Å². The number of aromatic nitrogens is 2. The number of rotatable bonds is 3. The van der Waals surface area contributed by atoms with Gasteiger partial charge in [0, 0.05) is 6.04 Å². The van der Waals surface area contributed by atoms with Crippen molar-refractivity contribution in [3.05, 3.63) is 11.9 Å². The van der Waals surface area contributed by atoms with Gasteiger partial charge in [0.1, 0.15) is 5.69 Å². The molecule has 0 amide bonds. The third-order valence-corrected chi connectivity index (χ3v) is 1.68. The Labute approximate surface area is 76.0 Å². The van der Waals surface area contributed by atoms with Gasteiger partial charge in [-0.05, 0) is 13.8 Å². The summed E-state index contributed by atoms with van der Waals surface area (Å²) in [5.41, 5.74) is 0.145. The standard InChI is InChI=1S/C8H12N2O3/c1-5(2)10-6(7(11)12)4-9-8(10)13-3/h4-5H,1-3H3,(H,11,12). The molecule has 0 aliphatic carbocycles. The molecule has 5 heteroatoms. The van der Waals surface area contributed by atoms with Gasteiger partial charge >= 0.3 is 5.97 Å². The van der Waals surface area contributed by atoms with Crippen LogP contribution in [0.3, 0.4) is 0 Å². The van der Waals surface area contributed by atoms with E-state index in [1.165, 1.54) is 17.9 Å². The molecule has 0 aromatic carbocycles. The van der Waals surface area contributed by atoms with Crippen molar-refractivity contribution in [1.29, 1.82) is 0 Å². The Kier molecular flexibility index (Phi) is 2.55. The largest absolute Gasteiger partial charge is 0.477 e. The van der Waals surface area contributed by atoms with Crippen molar-refractivity contribution in [2.45, 2.75) is 19.9 Å². The molecule has 1 rings (SSSR count). The first kappa shape index (κ1) is 9.57. The second-order valence-corrected chi connectivity index (χ2v) is 2.90. The molecule has 0 fully saturated rings. The van der Waals surface area contributed by atoms with Crippen LogP contribution in [0.1, 0.15) is 30.4 Å². The molecule has 0 radical (unpaired) electrons. The average Bonchev–Trinajstić information content (AvgIpc) is 2.46. The van der Waals surface area contributed by atoms with Gasteiger partial charge in [0.25, 0.3) is 6.01 Å². The molecule has 0 saturated carbocycles. The van der Waals surface area contributed by atoms with Crippen LogP contribution in [-0.4, -0.2) is 27.7 Å². The van der Waals surface area contributed by atoms with Crippen LogP contribution in [0, 0.1) is 0 Å². The summed E-state index contributed by atoms with van der Waals surface area (Å²) in [5.74, 6) is -0.996. The predicted molar refractivity (Wildman–Crippen MR) is 46.1 cm³/mol. The smallest absolute Gasteiger partial charge is 0.354 e. The maximum atomic E-state index is 10.7. The van der Waals surface area contributed by atoms with Crippen LogP contribution in [-0.2, 0) is 0 Å². The number of imidazole rings is 1. The van der Waals surface area contributed by atoms with Gasteiger partial charge in [-0.25, -0.2) is 9.78 Å². The zero-order chi connectivity index (χ0) is 10.0. The number of hydrogen-bond donors (Lipinski definition) is 1. The molecule has 13 heavy (non-hydrogen) atoms. The minimum Gasteiger partial charge on any atom is -0.477 e. The monoisotopic (exact) mass is 184 g/mol. The highest BCUT2D eigenvalue weighted by molar-refractivity contribution is 5.85. The first-order valence-corrected chi connectivity index (χ1v) is 3.92. The fraction of sp³-hybridized carbons (Fsp3) is 0.500. The molecule has 0 aliphatic rings. The van der Waals surface area contributed by atoms with Crippen molar-refractivity contribution in [3.8, 4) is 6.01 Å². The van der Waals surface area contributed by atoms with E-state index < -0.39 is 5.97 Å². The van der Waals surface area contributed by atoms with Crippen LogP contribution >= 0.6 is 0 Å². The molecule has 0 bridgehead atoms. The zero-order valence-corrected chi connectivity index (χ0v) is 7.81. The van der Waals surface area contributed by atoms with E-state index in [9.17, 15) is 4.79 Å². The van der Waals surface area contributed by atoms with Crippen LogP contribution in [0.5, 0.6) is 6.01 Å². The lowest BCUT2D eigenvalue weighted by atomic mass is 10.3. The molecule has 5 nitrogen and oxygen atoms in total. The number of carboxylic acids is 1. The number of carboxylic acid groups (broad SMARTS) is 1. The Morgan fingerprint density at radius 1 is 1.69 bits per heavy atom. The highest BCUT2D eigenvalue weighted by Crippen LogP contribution is 2.18. The van der Waals surface area contributed by atoms with Crippen molar-refractivity contribution < 1.29 is 14.6 Å². The van der Waals surface area contributed by atoms with Gasteiger partial charge in [0.05, 0.1) is 13.3 Å². The molecule has 0 spiro atoms.